The lowest BCUT2D eigenvalue weighted by molar-refractivity contribution is 0.131. The van der Waals surface area contributed by atoms with Crippen LogP contribution in [0.15, 0.2) is 36.4 Å². The van der Waals surface area contributed by atoms with Crippen molar-refractivity contribution in [3.8, 4) is 5.75 Å². The summed E-state index contributed by atoms with van der Waals surface area (Å²) in [5.41, 5.74) is 0. The maximum atomic E-state index is 6.35. The van der Waals surface area contributed by atoms with E-state index in [1.165, 1.54) is 37.7 Å². The van der Waals surface area contributed by atoms with E-state index in [9.17, 15) is 0 Å². The molecule has 0 aromatic heterocycles. The van der Waals surface area contributed by atoms with Crippen LogP contribution in [0.5, 0.6) is 5.75 Å². The van der Waals surface area contributed by atoms with E-state index < -0.39 is 0 Å². The number of benzene rings is 2. The molecule has 0 bridgehead atoms. The molecule has 0 radical (unpaired) electrons. The van der Waals surface area contributed by atoms with Crippen LogP contribution in [0.3, 0.4) is 0 Å². The Labute approximate surface area is 131 Å². The number of nitrogens with zero attached hydrogens (tertiary/aromatic N) is 1. The molecule has 1 unspecified atom stereocenters. The number of likely N-dealkylation sites (tertiary alicyclic amines) is 1. The van der Waals surface area contributed by atoms with Gasteiger partial charge in [0.1, 0.15) is 11.9 Å². The van der Waals surface area contributed by atoms with Gasteiger partial charge in [-0.2, -0.15) is 0 Å². The van der Waals surface area contributed by atoms with Gasteiger partial charge in [-0.05, 0) is 44.3 Å². The van der Waals surface area contributed by atoms with E-state index in [2.05, 4.69) is 24.0 Å². The van der Waals surface area contributed by atoms with Crippen LogP contribution in [-0.2, 0) is 0 Å². The van der Waals surface area contributed by atoms with Crippen molar-refractivity contribution in [2.24, 2.45) is 0 Å². The minimum atomic E-state index is 0.145. The quantitative estimate of drug-likeness (QED) is 0.808. The van der Waals surface area contributed by atoms with E-state index in [0.717, 1.165) is 17.7 Å². The number of halogens is 1. The fraction of sp³-hybridized carbons (Fsp3) is 0.444. The molecule has 112 valence electrons. The van der Waals surface area contributed by atoms with Crippen molar-refractivity contribution in [2.75, 3.05) is 19.6 Å². The topological polar surface area (TPSA) is 12.5 Å². The molecule has 1 saturated heterocycles. The molecule has 1 aliphatic rings. The highest BCUT2D eigenvalue weighted by Gasteiger charge is 2.16. The Hall–Kier alpha value is -1.25. The molecule has 21 heavy (non-hydrogen) atoms. The first kappa shape index (κ1) is 14.7. The first-order chi connectivity index (χ1) is 10.2. The van der Waals surface area contributed by atoms with Gasteiger partial charge in [0.2, 0.25) is 0 Å². The van der Waals surface area contributed by atoms with Crippen molar-refractivity contribution in [3.05, 3.63) is 41.4 Å². The lowest BCUT2D eigenvalue weighted by Gasteiger charge is -2.29. The van der Waals surface area contributed by atoms with Gasteiger partial charge in [0.25, 0.3) is 0 Å². The van der Waals surface area contributed by atoms with Crippen LogP contribution in [0, 0.1) is 0 Å². The largest absolute Gasteiger partial charge is 0.487 e. The fourth-order valence-corrected chi connectivity index (χ4v) is 3.29. The van der Waals surface area contributed by atoms with Crippen LogP contribution in [0.4, 0.5) is 0 Å². The summed E-state index contributed by atoms with van der Waals surface area (Å²) >= 11 is 6.35. The normalized spacial score (nSPS) is 17.8. The second-order valence-electron chi connectivity index (χ2n) is 5.89. The maximum absolute atomic E-state index is 6.35. The van der Waals surface area contributed by atoms with Gasteiger partial charge >= 0.3 is 0 Å². The zero-order chi connectivity index (χ0) is 14.7. The maximum Gasteiger partial charge on any atom is 0.146 e. The number of ether oxygens (including phenoxy) is 1. The average molecular weight is 304 g/mol. The number of piperidine rings is 1. The van der Waals surface area contributed by atoms with Gasteiger partial charge in [-0.15, -0.1) is 0 Å². The Morgan fingerprint density at radius 1 is 1.10 bits per heavy atom. The molecule has 1 aliphatic heterocycles. The molecule has 3 heteroatoms. The molecule has 0 aliphatic carbocycles. The molecule has 2 aromatic carbocycles. The predicted octanol–water partition coefficient (Wildman–Crippen LogP) is 4.75. The van der Waals surface area contributed by atoms with Gasteiger partial charge in [0.15, 0.2) is 0 Å². The Morgan fingerprint density at radius 2 is 1.86 bits per heavy atom. The standard InChI is InChI=1S/C18H22ClNO/c1-14(13-20-11-5-2-6-12-20)21-18-16-8-4-3-7-15(16)9-10-17(18)19/h3-4,7-10,14H,2,5-6,11-13H2,1H3. The van der Waals surface area contributed by atoms with Crippen molar-refractivity contribution in [1.82, 2.24) is 4.90 Å². The molecule has 0 amide bonds. The van der Waals surface area contributed by atoms with Gasteiger partial charge in [-0.25, -0.2) is 0 Å². The Kier molecular flexibility index (Phi) is 4.67. The number of hydrogen-bond acceptors (Lipinski definition) is 2. The summed E-state index contributed by atoms with van der Waals surface area (Å²) in [6.07, 6.45) is 4.12. The highest BCUT2D eigenvalue weighted by Crippen LogP contribution is 2.34. The van der Waals surface area contributed by atoms with E-state index in [-0.39, 0.29) is 6.10 Å². The van der Waals surface area contributed by atoms with Crippen molar-refractivity contribution in [2.45, 2.75) is 32.3 Å². The molecule has 1 atom stereocenters. The van der Waals surface area contributed by atoms with Crippen molar-refractivity contribution in [3.63, 3.8) is 0 Å². The lowest BCUT2D eigenvalue weighted by atomic mass is 10.1. The Morgan fingerprint density at radius 3 is 2.67 bits per heavy atom. The summed E-state index contributed by atoms with van der Waals surface area (Å²) < 4.78 is 6.19. The fourth-order valence-electron chi connectivity index (χ4n) is 3.08. The minimum Gasteiger partial charge on any atom is -0.487 e. The van der Waals surface area contributed by atoms with E-state index in [4.69, 9.17) is 16.3 Å². The summed E-state index contributed by atoms with van der Waals surface area (Å²) in [4.78, 5) is 2.49. The minimum absolute atomic E-state index is 0.145. The third-order valence-corrected chi connectivity index (χ3v) is 4.41. The van der Waals surface area contributed by atoms with Crippen LogP contribution in [0.25, 0.3) is 10.8 Å². The van der Waals surface area contributed by atoms with Crippen LogP contribution < -0.4 is 4.74 Å². The SMILES string of the molecule is CC(CN1CCCCC1)Oc1c(Cl)ccc2ccccc12. The highest BCUT2D eigenvalue weighted by molar-refractivity contribution is 6.33. The summed E-state index contributed by atoms with van der Waals surface area (Å²) in [7, 11) is 0. The van der Waals surface area contributed by atoms with E-state index in [1.807, 2.05) is 24.3 Å². The summed E-state index contributed by atoms with van der Waals surface area (Å²) in [6, 6.07) is 12.2. The molecule has 1 heterocycles. The van der Waals surface area contributed by atoms with Gasteiger partial charge in [0, 0.05) is 11.9 Å². The van der Waals surface area contributed by atoms with Crippen LogP contribution in [0.1, 0.15) is 26.2 Å². The van der Waals surface area contributed by atoms with Gasteiger partial charge < -0.3 is 4.74 Å². The summed E-state index contributed by atoms with van der Waals surface area (Å²) in [5.74, 6) is 0.819. The molecule has 2 nitrogen and oxygen atoms in total. The molecule has 2 aromatic rings. The number of hydrogen-bond donors (Lipinski definition) is 0. The highest BCUT2D eigenvalue weighted by atomic mass is 35.5. The third-order valence-electron chi connectivity index (χ3n) is 4.11. The van der Waals surface area contributed by atoms with Gasteiger partial charge in [0.05, 0.1) is 5.02 Å². The number of fused-ring (bicyclic) bond motifs is 1. The molecule has 3 rings (SSSR count). The number of rotatable bonds is 4. The average Bonchev–Trinajstić information content (AvgIpc) is 2.51. The molecule has 0 spiro atoms. The second-order valence-corrected chi connectivity index (χ2v) is 6.29. The zero-order valence-electron chi connectivity index (χ0n) is 12.5. The van der Waals surface area contributed by atoms with Crippen LogP contribution >= 0.6 is 11.6 Å². The lowest BCUT2D eigenvalue weighted by Crippen LogP contribution is -2.37. The Balaban J connectivity index is 1.75. The van der Waals surface area contributed by atoms with E-state index in [0.29, 0.717) is 5.02 Å². The van der Waals surface area contributed by atoms with E-state index >= 15 is 0 Å². The van der Waals surface area contributed by atoms with Crippen molar-refractivity contribution in [1.29, 1.82) is 0 Å². The van der Waals surface area contributed by atoms with Crippen LogP contribution in [-0.4, -0.2) is 30.6 Å². The van der Waals surface area contributed by atoms with Crippen molar-refractivity contribution < 1.29 is 4.74 Å². The third kappa shape index (κ3) is 3.50. The van der Waals surface area contributed by atoms with Gasteiger partial charge in [-0.3, -0.25) is 4.90 Å². The van der Waals surface area contributed by atoms with Crippen molar-refractivity contribution >= 4 is 22.4 Å². The van der Waals surface area contributed by atoms with E-state index in [1.54, 1.807) is 0 Å². The summed E-state index contributed by atoms with van der Waals surface area (Å²) in [6.45, 7) is 5.49. The Bertz CT molecular complexity index is 607. The first-order valence-electron chi connectivity index (χ1n) is 7.80. The molecule has 1 fully saturated rings. The molecular weight excluding hydrogens is 282 g/mol. The predicted molar refractivity (Wildman–Crippen MR) is 89.3 cm³/mol. The summed E-state index contributed by atoms with van der Waals surface area (Å²) in [5, 5.41) is 2.96. The molecule has 0 saturated carbocycles. The second kappa shape index (κ2) is 6.67. The monoisotopic (exact) mass is 303 g/mol. The molecule has 0 N–H and O–H groups in total. The molecular formula is C18H22ClNO. The first-order valence-corrected chi connectivity index (χ1v) is 8.18. The van der Waals surface area contributed by atoms with Gasteiger partial charge in [-0.1, -0.05) is 48.4 Å². The smallest absolute Gasteiger partial charge is 0.146 e. The zero-order valence-corrected chi connectivity index (χ0v) is 13.3. The van der Waals surface area contributed by atoms with Crippen LogP contribution in [0.2, 0.25) is 5.02 Å².